The maximum absolute atomic E-state index is 12.6. The van der Waals surface area contributed by atoms with Crippen LogP contribution >= 0.6 is 0 Å². The van der Waals surface area contributed by atoms with Gasteiger partial charge in [-0.1, -0.05) is 6.07 Å². The zero-order valence-corrected chi connectivity index (χ0v) is 13.7. The highest BCUT2D eigenvalue weighted by molar-refractivity contribution is 5.75. The molecule has 0 unspecified atom stereocenters. The maximum atomic E-state index is 12.6. The van der Waals surface area contributed by atoms with Crippen LogP contribution < -0.4 is 5.32 Å². The van der Waals surface area contributed by atoms with Gasteiger partial charge in [-0.3, -0.25) is 0 Å². The Balaban J connectivity index is 1.44. The summed E-state index contributed by atoms with van der Waals surface area (Å²) in [6.45, 7) is 1.24. The molecule has 6 heteroatoms. The second-order valence-electron chi connectivity index (χ2n) is 6.25. The fraction of sp³-hybridized carbons (Fsp3) is 0.333. The molecule has 1 aliphatic rings. The molecule has 1 aliphatic heterocycles. The summed E-state index contributed by atoms with van der Waals surface area (Å²) in [4.78, 5) is 19.1. The molecule has 3 aromatic rings. The second kappa shape index (κ2) is 6.03. The van der Waals surface area contributed by atoms with Crippen LogP contribution in [-0.4, -0.2) is 31.4 Å². The molecule has 1 atom stereocenters. The lowest BCUT2D eigenvalue weighted by atomic mass is 10.1. The number of hydrogen-bond acceptors (Lipinski definition) is 2. The Morgan fingerprint density at radius 1 is 1.29 bits per heavy atom. The first-order valence-corrected chi connectivity index (χ1v) is 8.31. The zero-order chi connectivity index (χ0) is 16.5. The molecule has 4 rings (SSSR count). The van der Waals surface area contributed by atoms with Crippen molar-refractivity contribution in [2.45, 2.75) is 25.4 Å². The van der Waals surface area contributed by atoms with Crippen LogP contribution in [-0.2, 0) is 13.6 Å². The Morgan fingerprint density at radius 2 is 2.21 bits per heavy atom. The van der Waals surface area contributed by atoms with Crippen molar-refractivity contribution in [2.24, 2.45) is 7.05 Å². The zero-order valence-electron chi connectivity index (χ0n) is 13.7. The van der Waals surface area contributed by atoms with Gasteiger partial charge >= 0.3 is 6.03 Å². The molecule has 2 amide bonds. The van der Waals surface area contributed by atoms with Crippen molar-refractivity contribution in [2.75, 3.05) is 6.54 Å². The quantitative estimate of drug-likeness (QED) is 0.806. The van der Waals surface area contributed by atoms with Crippen molar-refractivity contribution in [3.05, 3.63) is 60.3 Å². The summed E-state index contributed by atoms with van der Waals surface area (Å²) in [7, 11) is 2.03. The third kappa shape index (κ3) is 2.64. The Kier molecular flexibility index (Phi) is 3.72. The third-order valence-electron chi connectivity index (χ3n) is 4.67. The van der Waals surface area contributed by atoms with Gasteiger partial charge in [-0.05, 0) is 37.1 Å². The van der Waals surface area contributed by atoms with Gasteiger partial charge in [0.15, 0.2) is 0 Å². The van der Waals surface area contributed by atoms with Gasteiger partial charge in [-0.15, -0.1) is 0 Å². The molecule has 1 N–H and O–H groups in total. The lowest BCUT2D eigenvalue weighted by molar-refractivity contribution is 0.191. The van der Waals surface area contributed by atoms with Crippen LogP contribution in [0.4, 0.5) is 4.79 Å². The number of amides is 2. The lowest BCUT2D eigenvalue weighted by Gasteiger charge is -2.25. The Labute approximate surface area is 140 Å². The van der Waals surface area contributed by atoms with Gasteiger partial charge in [0.25, 0.3) is 0 Å². The highest BCUT2D eigenvalue weighted by atomic mass is 16.2. The number of aromatic nitrogens is 3. The highest BCUT2D eigenvalue weighted by Crippen LogP contribution is 2.31. The van der Waals surface area contributed by atoms with Crippen molar-refractivity contribution in [3.8, 4) is 0 Å². The average molecular weight is 323 g/mol. The van der Waals surface area contributed by atoms with E-state index in [9.17, 15) is 4.79 Å². The number of imidazole rings is 1. The predicted molar refractivity (Wildman–Crippen MR) is 91.5 cm³/mol. The molecule has 4 heterocycles. The van der Waals surface area contributed by atoms with Gasteiger partial charge in [-0.25, -0.2) is 9.78 Å². The molecule has 0 saturated carbocycles. The maximum Gasteiger partial charge on any atom is 0.318 e. The highest BCUT2D eigenvalue weighted by Gasteiger charge is 2.31. The number of carbonyl (C=O) groups is 1. The van der Waals surface area contributed by atoms with E-state index in [1.165, 1.54) is 5.69 Å². The fourth-order valence-electron chi connectivity index (χ4n) is 3.48. The van der Waals surface area contributed by atoms with E-state index in [1.807, 2.05) is 59.2 Å². The number of fused-ring (bicyclic) bond motifs is 1. The summed E-state index contributed by atoms with van der Waals surface area (Å²) in [6, 6.07) is 10.1. The van der Waals surface area contributed by atoms with Gasteiger partial charge in [0, 0.05) is 37.9 Å². The van der Waals surface area contributed by atoms with Crippen LogP contribution in [0.3, 0.4) is 0 Å². The number of hydrogen-bond donors (Lipinski definition) is 1. The lowest BCUT2D eigenvalue weighted by Crippen LogP contribution is -2.39. The number of aryl methyl sites for hydroxylation is 1. The first kappa shape index (κ1) is 14.8. The minimum Gasteiger partial charge on any atom is -0.353 e. The van der Waals surface area contributed by atoms with E-state index >= 15 is 0 Å². The van der Waals surface area contributed by atoms with Crippen LogP contribution in [0.25, 0.3) is 5.65 Å². The summed E-state index contributed by atoms with van der Waals surface area (Å²) < 4.78 is 4.06. The molecule has 0 spiro atoms. The van der Waals surface area contributed by atoms with Crippen molar-refractivity contribution in [3.63, 3.8) is 0 Å². The molecule has 0 aliphatic carbocycles. The van der Waals surface area contributed by atoms with E-state index < -0.39 is 0 Å². The Hall–Kier alpha value is -2.76. The summed E-state index contributed by atoms with van der Waals surface area (Å²) in [5.74, 6) is 0. The number of nitrogens with one attached hydrogen (secondary N) is 1. The number of rotatable bonds is 3. The van der Waals surface area contributed by atoms with Crippen molar-refractivity contribution in [1.29, 1.82) is 0 Å². The first-order valence-electron chi connectivity index (χ1n) is 8.31. The number of likely N-dealkylation sites (tertiary alicyclic amines) is 1. The van der Waals surface area contributed by atoms with Crippen LogP contribution in [0.2, 0.25) is 0 Å². The Morgan fingerprint density at radius 3 is 3.00 bits per heavy atom. The monoisotopic (exact) mass is 323 g/mol. The van der Waals surface area contributed by atoms with Crippen molar-refractivity contribution < 1.29 is 4.79 Å². The number of urea groups is 1. The van der Waals surface area contributed by atoms with Gasteiger partial charge in [-0.2, -0.15) is 0 Å². The normalized spacial score (nSPS) is 17.5. The molecule has 0 radical (unpaired) electrons. The van der Waals surface area contributed by atoms with Crippen LogP contribution in [0.5, 0.6) is 0 Å². The van der Waals surface area contributed by atoms with E-state index in [1.54, 1.807) is 0 Å². The van der Waals surface area contributed by atoms with E-state index in [0.717, 1.165) is 30.7 Å². The predicted octanol–water partition coefficient (Wildman–Crippen LogP) is 2.72. The topological polar surface area (TPSA) is 54.6 Å². The summed E-state index contributed by atoms with van der Waals surface area (Å²) in [5.41, 5.74) is 2.95. The minimum atomic E-state index is -0.0178. The van der Waals surface area contributed by atoms with E-state index in [-0.39, 0.29) is 12.1 Å². The molecule has 124 valence electrons. The standard InChI is InChI=1S/C18H21N5O/c1-21-9-4-6-15(21)16-7-5-11-23(16)18(24)19-12-14-13-22-10-3-2-8-17(22)20-14/h2-4,6,8-10,13,16H,5,7,11-12H2,1H3,(H,19,24)/t16-/m0/s1. The number of pyridine rings is 1. The van der Waals surface area contributed by atoms with Gasteiger partial charge in [0.1, 0.15) is 5.65 Å². The molecule has 0 aromatic carbocycles. The molecular formula is C18H21N5O. The smallest absolute Gasteiger partial charge is 0.318 e. The van der Waals surface area contributed by atoms with E-state index in [4.69, 9.17) is 0 Å². The van der Waals surface area contributed by atoms with Crippen LogP contribution in [0.15, 0.2) is 48.9 Å². The fourth-order valence-corrected chi connectivity index (χ4v) is 3.48. The molecule has 1 saturated heterocycles. The largest absolute Gasteiger partial charge is 0.353 e. The first-order chi connectivity index (χ1) is 11.7. The Bertz CT molecular complexity index is 832. The van der Waals surface area contributed by atoms with Crippen molar-refractivity contribution >= 4 is 11.7 Å². The summed E-state index contributed by atoms with van der Waals surface area (Å²) in [6.07, 6.45) is 7.99. The minimum absolute atomic E-state index is 0.0178. The van der Waals surface area contributed by atoms with Gasteiger partial charge in [0.2, 0.25) is 0 Å². The number of nitrogens with zero attached hydrogens (tertiary/aromatic N) is 4. The van der Waals surface area contributed by atoms with E-state index in [0.29, 0.717) is 6.54 Å². The third-order valence-corrected chi connectivity index (χ3v) is 4.67. The second-order valence-corrected chi connectivity index (χ2v) is 6.25. The summed E-state index contributed by atoms with van der Waals surface area (Å²) in [5, 5.41) is 3.02. The number of carbonyl (C=O) groups excluding carboxylic acids is 1. The molecule has 3 aromatic heterocycles. The van der Waals surface area contributed by atoms with Crippen LogP contribution in [0, 0.1) is 0 Å². The van der Waals surface area contributed by atoms with Gasteiger partial charge in [0.05, 0.1) is 18.3 Å². The molecule has 6 nitrogen and oxygen atoms in total. The van der Waals surface area contributed by atoms with E-state index in [2.05, 4.69) is 20.9 Å². The summed E-state index contributed by atoms with van der Waals surface area (Å²) >= 11 is 0. The molecule has 24 heavy (non-hydrogen) atoms. The average Bonchev–Trinajstić information content (AvgIpc) is 3.30. The van der Waals surface area contributed by atoms with Crippen molar-refractivity contribution in [1.82, 2.24) is 24.2 Å². The molecule has 0 bridgehead atoms. The van der Waals surface area contributed by atoms with Gasteiger partial charge < -0.3 is 19.2 Å². The SMILES string of the molecule is Cn1cccc1[C@@H]1CCCN1C(=O)NCc1cn2ccccc2n1. The molecular weight excluding hydrogens is 302 g/mol. The molecule has 1 fully saturated rings. The van der Waals surface area contributed by atoms with Crippen LogP contribution in [0.1, 0.15) is 30.3 Å².